The van der Waals surface area contributed by atoms with Gasteiger partial charge in [-0.05, 0) is 37.5 Å². The lowest BCUT2D eigenvalue weighted by Crippen LogP contribution is -2.57. The number of aryl methyl sites for hydroxylation is 1. The molecule has 0 aliphatic carbocycles. The number of aromatic nitrogens is 1. The number of rotatable bonds is 4. The van der Waals surface area contributed by atoms with Crippen LogP contribution in [0, 0.1) is 12.8 Å². The van der Waals surface area contributed by atoms with Crippen molar-refractivity contribution < 1.29 is 9.53 Å². The minimum atomic E-state index is 0.0558. The molecule has 0 amide bonds. The van der Waals surface area contributed by atoms with Crippen molar-refractivity contribution in [2.45, 2.75) is 38.4 Å². The van der Waals surface area contributed by atoms with Crippen molar-refractivity contribution in [3.05, 3.63) is 65.5 Å². The van der Waals surface area contributed by atoms with Crippen molar-refractivity contribution in [2.75, 3.05) is 13.2 Å². The van der Waals surface area contributed by atoms with Crippen LogP contribution >= 0.6 is 0 Å². The van der Waals surface area contributed by atoms with Gasteiger partial charge in [0, 0.05) is 30.2 Å². The molecular weight excluding hydrogens is 312 g/mol. The highest BCUT2D eigenvalue weighted by Crippen LogP contribution is 2.34. The van der Waals surface area contributed by atoms with Crippen molar-refractivity contribution in [1.82, 2.24) is 9.88 Å². The summed E-state index contributed by atoms with van der Waals surface area (Å²) in [5.74, 6) is 0.250. The third kappa shape index (κ3) is 3.51. The number of Topliss-reactive ketones (excluding diaryl/α,β-unsaturated/α-hetero) is 1. The summed E-state index contributed by atoms with van der Waals surface area (Å²) >= 11 is 0. The first kappa shape index (κ1) is 16.4. The molecule has 1 aromatic carbocycles. The van der Waals surface area contributed by atoms with Crippen molar-refractivity contribution in [2.24, 2.45) is 5.92 Å². The summed E-state index contributed by atoms with van der Waals surface area (Å²) in [6.45, 7) is 4.30. The summed E-state index contributed by atoms with van der Waals surface area (Å²) in [7, 11) is 0. The van der Waals surface area contributed by atoms with Gasteiger partial charge in [0.1, 0.15) is 5.69 Å². The van der Waals surface area contributed by atoms with E-state index in [9.17, 15) is 4.79 Å². The third-order valence-corrected chi connectivity index (χ3v) is 5.39. The molecule has 2 bridgehead atoms. The average Bonchev–Trinajstić information content (AvgIpc) is 2.62. The molecule has 0 saturated carbocycles. The van der Waals surface area contributed by atoms with Gasteiger partial charge in [0.25, 0.3) is 0 Å². The Kier molecular flexibility index (Phi) is 4.64. The summed E-state index contributed by atoms with van der Waals surface area (Å²) in [6, 6.07) is 16.9. The number of hydrogen-bond donors (Lipinski definition) is 0. The average molecular weight is 336 g/mol. The predicted molar refractivity (Wildman–Crippen MR) is 96.4 cm³/mol. The predicted octanol–water partition coefficient (Wildman–Crippen LogP) is 3.25. The Labute approximate surface area is 148 Å². The maximum absolute atomic E-state index is 12.9. The van der Waals surface area contributed by atoms with Crippen molar-refractivity contribution in [3.63, 3.8) is 0 Å². The smallest absolute Gasteiger partial charge is 0.184 e. The highest BCUT2D eigenvalue weighted by Gasteiger charge is 2.41. The topological polar surface area (TPSA) is 42.4 Å². The second-order valence-corrected chi connectivity index (χ2v) is 7.20. The summed E-state index contributed by atoms with van der Waals surface area (Å²) < 4.78 is 5.79. The van der Waals surface area contributed by atoms with Gasteiger partial charge in [-0.1, -0.05) is 36.4 Å². The maximum atomic E-state index is 12.9. The van der Waals surface area contributed by atoms with Gasteiger partial charge in [0.2, 0.25) is 0 Å². The van der Waals surface area contributed by atoms with E-state index in [2.05, 4.69) is 34.1 Å². The lowest BCUT2D eigenvalue weighted by Gasteiger charge is -2.48. The van der Waals surface area contributed by atoms with E-state index in [4.69, 9.17) is 4.74 Å². The van der Waals surface area contributed by atoms with E-state index in [0.29, 0.717) is 31.0 Å². The van der Waals surface area contributed by atoms with Crippen LogP contribution in [0.2, 0.25) is 0 Å². The Morgan fingerprint density at radius 2 is 1.80 bits per heavy atom. The lowest BCUT2D eigenvalue weighted by atomic mass is 9.81. The molecule has 0 spiro atoms. The molecule has 4 rings (SSSR count). The molecule has 4 nitrogen and oxygen atoms in total. The Bertz CT molecular complexity index is 733. The molecule has 2 unspecified atom stereocenters. The van der Waals surface area contributed by atoms with E-state index in [1.807, 2.05) is 31.2 Å². The van der Waals surface area contributed by atoms with E-state index >= 15 is 0 Å². The zero-order chi connectivity index (χ0) is 17.2. The molecule has 2 fully saturated rings. The number of hydrogen-bond acceptors (Lipinski definition) is 4. The van der Waals surface area contributed by atoms with Gasteiger partial charge in [-0.3, -0.25) is 14.7 Å². The van der Waals surface area contributed by atoms with Crippen molar-refractivity contribution in [1.29, 1.82) is 0 Å². The number of piperidine rings is 1. The van der Waals surface area contributed by atoms with Crippen LogP contribution in [0.25, 0.3) is 0 Å². The Balaban J connectivity index is 1.50. The second-order valence-electron chi connectivity index (χ2n) is 7.20. The first-order valence-corrected chi connectivity index (χ1v) is 9.06. The maximum Gasteiger partial charge on any atom is 0.184 e. The zero-order valence-corrected chi connectivity index (χ0v) is 14.6. The third-order valence-electron chi connectivity index (χ3n) is 5.39. The van der Waals surface area contributed by atoms with E-state index in [1.54, 1.807) is 0 Å². The van der Waals surface area contributed by atoms with Crippen LogP contribution < -0.4 is 0 Å². The molecule has 2 saturated heterocycles. The van der Waals surface area contributed by atoms with Gasteiger partial charge in [0.15, 0.2) is 5.78 Å². The molecule has 2 aliphatic rings. The minimum absolute atomic E-state index is 0.0558. The van der Waals surface area contributed by atoms with Crippen LogP contribution in [0.4, 0.5) is 0 Å². The van der Waals surface area contributed by atoms with Gasteiger partial charge in [-0.2, -0.15) is 0 Å². The molecule has 4 heteroatoms. The molecule has 0 radical (unpaired) electrons. The van der Waals surface area contributed by atoms with E-state index < -0.39 is 0 Å². The molecule has 3 heterocycles. The molecule has 130 valence electrons. The standard InChI is InChI=1S/C21H24N2O2/c1-15-6-5-9-20(22-15)21(24)17-10-18-13-25-14-19(11-17)23(18)12-16-7-3-2-4-8-16/h2-9,17-19H,10-14H2,1H3. The zero-order valence-electron chi connectivity index (χ0n) is 14.6. The van der Waals surface area contributed by atoms with Crippen LogP contribution in [-0.4, -0.2) is 41.0 Å². The van der Waals surface area contributed by atoms with Gasteiger partial charge < -0.3 is 4.74 Å². The van der Waals surface area contributed by atoms with Crippen LogP contribution in [0.15, 0.2) is 48.5 Å². The van der Waals surface area contributed by atoms with Crippen LogP contribution in [-0.2, 0) is 11.3 Å². The fourth-order valence-corrected chi connectivity index (χ4v) is 4.15. The molecule has 0 N–H and O–H groups in total. The van der Waals surface area contributed by atoms with Crippen molar-refractivity contribution >= 4 is 5.78 Å². The summed E-state index contributed by atoms with van der Waals surface area (Å²) in [5, 5.41) is 0. The number of fused-ring (bicyclic) bond motifs is 2. The van der Waals surface area contributed by atoms with Gasteiger partial charge in [-0.15, -0.1) is 0 Å². The quantitative estimate of drug-likeness (QED) is 0.804. The van der Waals surface area contributed by atoms with Gasteiger partial charge in [-0.25, -0.2) is 0 Å². The highest BCUT2D eigenvalue weighted by atomic mass is 16.5. The number of morpholine rings is 1. The molecule has 1 aromatic heterocycles. The number of benzene rings is 1. The number of ether oxygens (including phenoxy) is 1. The SMILES string of the molecule is Cc1cccc(C(=O)C2CC3COCC(C2)N3Cc2ccccc2)n1. The number of carbonyl (C=O) groups excluding carboxylic acids is 1. The summed E-state index contributed by atoms with van der Waals surface area (Å²) in [5.41, 5.74) is 2.83. The van der Waals surface area contributed by atoms with E-state index in [-0.39, 0.29) is 11.7 Å². The normalized spacial score (nSPS) is 26.4. The molecule has 2 aromatic rings. The molecular formula is C21H24N2O2. The first-order valence-electron chi connectivity index (χ1n) is 9.06. The highest BCUT2D eigenvalue weighted by molar-refractivity contribution is 5.96. The van der Waals surface area contributed by atoms with Gasteiger partial charge in [0.05, 0.1) is 13.2 Å². The minimum Gasteiger partial charge on any atom is -0.378 e. The number of carbonyl (C=O) groups is 1. The van der Waals surface area contributed by atoms with Crippen LogP contribution in [0.1, 0.15) is 34.6 Å². The van der Waals surface area contributed by atoms with E-state index in [1.165, 1.54) is 5.56 Å². The second kappa shape index (κ2) is 7.06. The molecule has 25 heavy (non-hydrogen) atoms. The van der Waals surface area contributed by atoms with Crippen LogP contribution in [0.3, 0.4) is 0 Å². The largest absolute Gasteiger partial charge is 0.378 e. The number of nitrogens with zero attached hydrogens (tertiary/aromatic N) is 2. The summed E-state index contributed by atoms with van der Waals surface area (Å²) in [6.07, 6.45) is 1.72. The monoisotopic (exact) mass is 336 g/mol. The fourth-order valence-electron chi connectivity index (χ4n) is 4.15. The fraction of sp³-hybridized carbons (Fsp3) is 0.429. The van der Waals surface area contributed by atoms with E-state index in [0.717, 1.165) is 25.1 Å². The Hall–Kier alpha value is -2.04. The number of pyridine rings is 1. The lowest BCUT2D eigenvalue weighted by molar-refractivity contribution is -0.0873. The van der Waals surface area contributed by atoms with Crippen LogP contribution in [0.5, 0.6) is 0 Å². The number of ketones is 1. The van der Waals surface area contributed by atoms with Gasteiger partial charge >= 0.3 is 0 Å². The Morgan fingerprint density at radius 1 is 1.08 bits per heavy atom. The molecule has 2 atom stereocenters. The van der Waals surface area contributed by atoms with Crippen molar-refractivity contribution in [3.8, 4) is 0 Å². The molecule has 2 aliphatic heterocycles. The summed E-state index contributed by atoms with van der Waals surface area (Å²) in [4.78, 5) is 19.9. The Morgan fingerprint density at radius 3 is 2.48 bits per heavy atom. The first-order chi connectivity index (χ1) is 12.2.